The maximum atomic E-state index is 11.7. The van der Waals surface area contributed by atoms with Gasteiger partial charge in [0, 0.05) is 20.1 Å². The lowest BCUT2D eigenvalue weighted by atomic mass is 10.4. The maximum Gasteiger partial charge on any atom is 0.318 e. The Bertz CT molecular complexity index is 403. The number of hydrogen-bond acceptors (Lipinski definition) is 6. The number of hydrogen-bond donors (Lipinski definition) is 1. The summed E-state index contributed by atoms with van der Waals surface area (Å²) in [5.41, 5.74) is 5.65. The molecule has 2 heterocycles. The van der Waals surface area contributed by atoms with Crippen molar-refractivity contribution in [2.45, 2.75) is 19.4 Å². The van der Waals surface area contributed by atoms with Gasteiger partial charge in [-0.3, -0.25) is 4.79 Å². The van der Waals surface area contributed by atoms with Gasteiger partial charge in [0.1, 0.15) is 6.54 Å². The molecule has 17 heavy (non-hydrogen) atoms. The minimum Gasteiger partial charge on any atom is -0.406 e. The third kappa shape index (κ3) is 2.55. The normalized spacial score (nSPS) is 19.4. The van der Waals surface area contributed by atoms with E-state index >= 15 is 0 Å². The zero-order chi connectivity index (χ0) is 12.4. The zero-order valence-electron chi connectivity index (χ0n) is 10.1. The third-order valence-corrected chi connectivity index (χ3v) is 2.76. The van der Waals surface area contributed by atoms with Gasteiger partial charge in [0.25, 0.3) is 0 Å². The highest BCUT2D eigenvalue weighted by molar-refractivity contribution is 5.80. The largest absolute Gasteiger partial charge is 0.406 e. The maximum absolute atomic E-state index is 11.7. The number of anilines is 1. The van der Waals surface area contributed by atoms with E-state index in [2.05, 4.69) is 10.2 Å². The zero-order valence-corrected chi connectivity index (χ0v) is 10.1. The molecule has 1 aliphatic heterocycles. The summed E-state index contributed by atoms with van der Waals surface area (Å²) in [5.74, 6) is 0.452. The number of aromatic nitrogens is 2. The fourth-order valence-electron chi connectivity index (χ4n) is 1.69. The van der Waals surface area contributed by atoms with E-state index in [0.717, 1.165) is 19.5 Å². The molecule has 94 valence electrons. The van der Waals surface area contributed by atoms with Crippen LogP contribution in [0.1, 0.15) is 25.3 Å². The number of nitrogens with two attached hydrogens (primary N) is 1. The van der Waals surface area contributed by atoms with Gasteiger partial charge >= 0.3 is 6.01 Å². The van der Waals surface area contributed by atoms with Crippen molar-refractivity contribution in [3.63, 3.8) is 0 Å². The predicted molar refractivity (Wildman–Crippen MR) is 61.4 cm³/mol. The summed E-state index contributed by atoms with van der Waals surface area (Å²) in [4.78, 5) is 15.2. The third-order valence-electron chi connectivity index (χ3n) is 2.76. The molecule has 1 atom stereocenters. The van der Waals surface area contributed by atoms with Crippen molar-refractivity contribution in [1.29, 1.82) is 0 Å². The first-order valence-electron chi connectivity index (χ1n) is 5.66. The van der Waals surface area contributed by atoms with Crippen molar-refractivity contribution in [2.24, 2.45) is 5.73 Å². The lowest BCUT2D eigenvalue weighted by molar-refractivity contribution is -0.127. The van der Waals surface area contributed by atoms with E-state index in [1.165, 1.54) is 0 Å². The molecule has 2 rings (SSSR count). The molecule has 1 unspecified atom stereocenters. The van der Waals surface area contributed by atoms with E-state index in [1.807, 2.05) is 0 Å². The van der Waals surface area contributed by atoms with Crippen LogP contribution >= 0.6 is 0 Å². The second-order valence-corrected chi connectivity index (χ2v) is 4.30. The van der Waals surface area contributed by atoms with Gasteiger partial charge in [0.15, 0.2) is 0 Å². The van der Waals surface area contributed by atoms with Gasteiger partial charge in [0.2, 0.25) is 11.8 Å². The lowest BCUT2D eigenvalue weighted by Gasteiger charge is -2.16. The Morgan fingerprint density at radius 1 is 1.41 bits per heavy atom. The average Bonchev–Trinajstić information content (AvgIpc) is 2.70. The Hall–Kier alpha value is -1.63. The standard InChI is InChI=1S/C10H17N5O2/c1-7(11)9-12-13-10(17-9)15-5-3-4-14(2)8(16)6-15/h7H,3-6,11H2,1-2H3. The van der Waals surface area contributed by atoms with Crippen molar-refractivity contribution in [3.8, 4) is 0 Å². The highest BCUT2D eigenvalue weighted by Gasteiger charge is 2.23. The monoisotopic (exact) mass is 239 g/mol. The molecule has 1 saturated heterocycles. The Kier molecular flexibility index (Phi) is 3.28. The molecule has 1 aromatic heterocycles. The SMILES string of the molecule is CC(N)c1nnc(N2CCCN(C)C(=O)C2)o1. The number of carbonyl (C=O) groups excluding carboxylic acids is 1. The summed E-state index contributed by atoms with van der Waals surface area (Å²) in [6, 6.07) is 0.0857. The van der Waals surface area contributed by atoms with Crippen LogP contribution in [0.2, 0.25) is 0 Å². The Morgan fingerprint density at radius 2 is 2.18 bits per heavy atom. The van der Waals surface area contributed by atoms with E-state index in [1.54, 1.807) is 23.8 Å². The van der Waals surface area contributed by atoms with Gasteiger partial charge in [-0.1, -0.05) is 5.10 Å². The number of rotatable bonds is 2. The van der Waals surface area contributed by atoms with Crippen molar-refractivity contribution in [1.82, 2.24) is 15.1 Å². The molecule has 0 aliphatic carbocycles. The molecule has 7 nitrogen and oxygen atoms in total. The van der Waals surface area contributed by atoms with Crippen LogP contribution in [0, 0.1) is 0 Å². The first kappa shape index (κ1) is 11.8. The molecule has 2 N–H and O–H groups in total. The molecule has 0 spiro atoms. The van der Waals surface area contributed by atoms with Crippen LogP contribution in [0.25, 0.3) is 0 Å². The smallest absolute Gasteiger partial charge is 0.318 e. The first-order valence-corrected chi connectivity index (χ1v) is 5.66. The summed E-state index contributed by atoms with van der Waals surface area (Å²) in [6.07, 6.45) is 0.887. The molecular formula is C10H17N5O2. The molecule has 1 fully saturated rings. The molecule has 0 saturated carbocycles. The second-order valence-electron chi connectivity index (χ2n) is 4.30. The van der Waals surface area contributed by atoms with Crippen molar-refractivity contribution < 1.29 is 9.21 Å². The fraction of sp³-hybridized carbons (Fsp3) is 0.700. The van der Waals surface area contributed by atoms with Crippen LogP contribution in [0.3, 0.4) is 0 Å². The van der Waals surface area contributed by atoms with Crippen LogP contribution in [0.15, 0.2) is 4.42 Å². The number of nitrogens with zero attached hydrogens (tertiary/aromatic N) is 4. The van der Waals surface area contributed by atoms with Crippen molar-refractivity contribution in [3.05, 3.63) is 5.89 Å². The molecule has 1 aromatic rings. The van der Waals surface area contributed by atoms with E-state index in [4.69, 9.17) is 10.2 Å². The molecule has 0 aromatic carbocycles. The minimum atomic E-state index is -0.290. The van der Waals surface area contributed by atoms with Crippen molar-refractivity contribution in [2.75, 3.05) is 31.6 Å². The number of carbonyl (C=O) groups is 1. The molecular weight excluding hydrogens is 222 g/mol. The first-order chi connectivity index (χ1) is 8.08. The van der Waals surface area contributed by atoms with Crippen LogP contribution in [-0.4, -0.2) is 47.7 Å². The highest BCUT2D eigenvalue weighted by Crippen LogP contribution is 2.17. The van der Waals surface area contributed by atoms with E-state index in [-0.39, 0.29) is 18.5 Å². The quantitative estimate of drug-likeness (QED) is 0.766. The van der Waals surface area contributed by atoms with E-state index in [0.29, 0.717) is 11.9 Å². The van der Waals surface area contributed by atoms with Gasteiger partial charge in [-0.2, -0.15) is 0 Å². The van der Waals surface area contributed by atoms with Gasteiger partial charge in [-0.05, 0) is 13.3 Å². The molecule has 0 bridgehead atoms. The van der Waals surface area contributed by atoms with Crippen LogP contribution in [0.5, 0.6) is 0 Å². The van der Waals surface area contributed by atoms with E-state index in [9.17, 15) is 4.79 Å². The Balaban J connectivity index is 2.12. The van der Waals surface area contributed by atoms with Gasteiger partial charge in [-0.25, -0.2) is 0 Å². The van der Waals surface area contributed by atoms with Gasteiger partial charge in [-0.15, -0.1) is 5.10 Å². The topological polar surface area (TPSA) is 88.5 Å². The lowest BCUT2D eigenvalue weighted by Crippen LogP contribution is -2.34. The number of likely N-dealkylation sites (N-methyl/N-ethyl adjacent to an activating group) is 1. The summed E-state index contributed by atoms with van der Waals surface area (Å²) in [5, 5.41) is 7.78. The van der Waals surface area contributed by atoms with E-state index < -0.39 is 0 Å². The average molecular weight is 239 g/mol. The Morgan fingerprint density at radius 3 is 2.82 bits per heavy atom. The van der Waals surface area contributed by atoms with Crippen LogP contribution in [-0.2, 0) is 4.79 Å². The summed E-state index contributed by atoms with van der Waals surface area (Å²) in [7, 11) is 1.80. The summed E-state index contributed by atoms with van der Waals surface area (Å²) >= 11 is 0. The van der Waals surface area contributed by atoms with Crippen LogP contribution in [0.4, 0.5) is 6.01 Å². The predicted octanol–water partition coefficient (Wildman–Crippen LogP) is -0.242. The Labute approximate surface area is 99.6 Å². The number of amides is 1. The van der Waals surface area contributed by atoms with Crippen molar-refractivity contribution >= 4 is 11.9 Å². The van der Waals surface area contributed by atoms with Gasteiger partial charge < -0.3 is 20.0 Å². The summed E-state index contributed by atoms with van der Waals surface area (Å²) < 4.78 is 5.43. The second kappa shape index (κ2) is 4.70. The highest BCUT2D eigenvalue weighted by atomic mass is 16.4. The van der Waals surface area contributed by atoms with Gasteiger partial charge in [0.05, 0.1) is 6.04 Å². The minimum absolute atomic E-state index is 0.0584. The molecule has 0 radical (unpaired) electrons. The molecule has 1 aliphatic rings. The molecule has 7 heteroatoms. The van der Waals surface area contributed by atoms with Crippen LogP contribution < -0.4 is 10.6 Å². The fourth-order valence-corrected chi connectivity index (χ4v) is 1.69. The molecule has 1 amide bonds. The summed E-state index contributed by atoms with van der Waals surface area (Å²) in [6.45, 7) is 3.54.